The van der Waals surface area contributed by atoms with Crippen molar-refractivity contribution in [2.75, 3.05) is 0 Å². The summed E-state index contributed by atoms with van der Waals surface area (Å²) < 4.78 is 5.22. The SMILES string of the molecule is CC(C)(C)OC(=O)N[C@@H](CC(=O)O)Cc1ccc(-c2cc(Cl)ccc2Cl)cc1. The third-order valence-corrected chi connectivity index (χ3v) is 4.38. The predicted octanol–water partition coefficient (Wildman–Crippen LogP) is 5.57. The van der Waals surface area contributed by atoms with Gasteiger partial charge < -0.3 is 15.2 Å². The van der Waals surface area contributed by atoms with Crippen molar-refractivity contribution >= 4 is 35.3 Å². The molecular weight excluding hydrogens is 401 g/mol. The summed E-state index contributed by atoms with van der Waals surface area (Å²) in [4.78, 5) is 23.2. The van der Waals surface area contributed by atoms with Gasteiger partial charge in [-0.05, 0) is 56.5 Å². The number of carboxylic acid groups (broad SMARTS) is 1. The number of amides is 1. The average molecular weight is 424 g/mol. The molecule has 0 heterocycles. The Labute approximate surface area is 174 Å². The minimum atomic E-state index is -0.997. The van der Waals surface area contributed by atoms with E-state index in [0.717, 1.165) is 16.7 Å². The number of hydrogen-bond donors (Lipinski definition) is 2. The monoisotopic (exact) mass is 423 g/mol. The van der Waals surface area contributed by atoms with Gasteiger partial charge in [-0.15, -0.1) is 0 Å². The van der Waals surface area contributed by atoms with Crippen LogP contribution in [-0.4, -0.2) is 28.8 Å². The van der Waals surface area contributed by atoms with Crippen molar-refractivity contribution in [3.8, 4) is 11.1 Å². The molecule has 5 nitrogen and oxygen atoms in total. The fourth-order valence-electron chi connectivity index (χ4n) is 2.68. The molecule has 0 aliphatic rings. The summed E-state index contributed by atoms with van der Waals surface area (Å²) in [5, 5.41) is 13.0. The van der Waals surface area contributed by atoms with E-state index in [-0.39, 0.29) is 6.42 Å². The molecule has 0 aliphatic carbocycles. The van der Waals surface area contributed by atoms with E-state index >= 15 is 0 Å². The Morgan fingerprint density at radius 1 is 1.11 bits per heavy atom. The third kappa shape index (κ3) is 7.06. The Morgan fingerprint density at radius 3 is 2.32 bits per heavy atom. The predicted molar refractivity (Wildman–Crippen MR) is 111 cm³/mol. The largest absolute Gasteiger partial charge is 0.481 e. The number of rotatable bonds is 6. The summed E-state index contributed by atoms with van der Waals surface area (Å²) in [6, 6.07) is 12.2. The molecule has 2 aromatic carbocycles. The number of halogens is 2. The first-order valence-corrected chi connectivity index (χ1v) is 9.55. The highest BCUT2D eigenvalue weighted by atomic mass is 35.5. The number of carbonyl (C=O) groups is 2. The molecule has 7 heteroatoms. The zero-order chi connectivity index (χ0) is 20.9. The maximum absolute atomic E-state index is 12.0. The molecule has 0 saturated heterocycles. The van der Waals surface area contributed by atoms with E-state index in [1.807, 2.05) is 24.3 Å². The standard InChI is InChI=1S/C21H23Cl2NO4/c1-21(2,3)28-20(27)24-16(12-19(25)26)10-13-4-6-14(7-5-13)17-11-15(22)8-9-18(17)23/h4-9,11,16H,10,12H2,1-3H3,(H,24,27)(H,25,26)/t16-/m1/s1. The molecule has 0 fully saturated rings. The van der Waals surface area contributed by atoms with Gasteiger partial charge in [0.25, 0.3) is 0 Å². The van der Waals surface area contributed by atoms with Crippen molar-refractivity contribution in [3.05, 3.63) is 58.1 Å². The topological polar surface area (TPSA) is 75.6 Å². The number of ether oxygens (including phenoxy) is 1. The lowest BCUT2D eigenvalue weighted by atomic mass is 9.99. The Kier molecular flexibility index (Phi) is 7.33. The Balaban J connectivity index is 2.12. The molecular formula is C21H23Cl2NO4. The quantitative estimate of drug-likeness (QED) is 0.636. The molecule has 150 valence electrons. The second-order valence-corrected chi connectivity index (χ2v) is 8.31. The van der Waals surface area contributed by atoms with Gasteiger partial charge in [0.2, 0.25) is 0 Å². The molecule has 1 amide bonds. The molecule has 2 N–H and O–H groups in total. The zero-order valence-electron chi connectivity index (χ0n) is 16.0. The van der Waals surface area contributed by atoms with Gasteiger partial charge in [-0.3, -0.25) is 4.79 Å². The molecule has 0 saturated carbocycles. The second-order valence-electron chi connectivity index (χ2n) is 7.47. The van der Waals surface area contributed by atoms with Gasteiger partial charge in [0, 0.05) is 21.7 Å². The molecule has 2 rings (SSSR count). The van der Waals surface area contributed by atoms with Gasteiger partial charge in [0.1, 0.15) is 5.60 Å². The van der Waals surface area contributed by atoms with Crippen LogP contribution < -0.4 is 5.32 Å². The van der Waals surface area contributed by atoms with E-state index in [9.17, 15) is 9.59 Å². The summed E-state index contributed by atoms with van der Waals surface area (Å²) in [5.74, 6) is -0.997. The van der Waals surface area contributed by atoms with Crippen LogP contribution in [0.4, 0.5) is 4.79 Å². The van der Waals surface area contributed by atoms with Crippen molar-refractivity contribution in [1.82, 2.24) is 5.32 Å². The first-order chi connectivity index (χ1) is 13.0. The van der Waals surface area contributed by atoms with Gasteiger partial charge in [-0.2, -0.15) is 0 Å². The van der Waals surface area contributed by atoms with Crippen molar-refractivity contribution in [2.45, 2.75) is 45.3 Å². The summed E-state index contributed by atoms with van der Waals surface area (Å²) >= 11 is 12.3. The van der Waals surface area contributed by atoms with Crippen LogP contribution in [0.3, 0.4) is 0 Å². The van der Waals surface area contributed by atoms with Crippen molar-refractivity contribution in [3.63, 3.8) is 0 Å². The van der Waals surface area contributed by atoms with Gasteiger partial charge in [-0.1, -0.05) is 47.5 Å². The molecule has 0 unspecified atom stereocenters. The number of nitrogens with one attached hydrogen (secondary N) is 1. The lowest BCUT2D eigenvalue weighted by molar-refractivity contribution is -0.137. The first-order valence-electron chi connectivity index (χ1n) is 8.79. The number of hydrogen-bond acceptors (Lipinski definition) is 3. The highest BCUT2D eigenvalue weighted by molar-refractivity contribution is 6.35. The second kappa shape index (κ2) is 9.30. The van der Waals surface area contributed by atoms with Crippen molar-refractivity contribution < 1.29 is 19.4 Å². The van der Waals surface area contributed by atoms with Gasteiger partial charge in [0.05, 0.1) is 6.42 Å². The minimum absolute atomic E-state index is 0.207. The van der Waals surface area contributed by atoms with Gasteiger partial charge in [-0.25, -0.2) is 4.79 Å². The molecule has 2 aromatic rings. The molecule has 0 spiro atoms. The normalized spacial score (nSPS) is 12.3. The van der Waals surface area contributed by atoms with E-state index < -0.39 is 23.7 Å². The van der Waals surface area contributed by atoms with Crippen molar-refractivity contribution in [1.29, 1.82) is 0 Å². The van der Waals surface area contributed by atoms with E-state index in [0.29, 0.717) is 16.5 Å². The highest BCUT2D eigenvalue weighted by Gasteiger charge is 2.21. The number of aliphatic carboxylic acids is 1. The number of alkyl carbamates (subject to hydrolysis) is 1. The zero-order valence-corrected chi connectivity index (χ0v) is 17.5. The summed E-state index contributed by atoms with van der Waals surface area (Å²) in [6.45, 7) is 5.25. The van der Waals surface area contributed by atoms with Crippen LogP contribution in [-0.2, 0) is 16.0 Å². The van der Waals surface area contributed by atoms with E-state index in [2.05, 4.69) is 5.32 Å². The van der Waals surface area contributed by atoms with Crippen LogP contribution in [0.5, 0.6) is 0 Å². The van der Waals surface area contributed by atoms with E-state index in [1.54, 1.807) is 39.0 Å². The fourth-order valence-corrected chi connectivity index (χ4v) is 3.08. The summed E-state index contributed by atoms with van der Waals surface area (Å²) in [6.07, 6.45) is -0.489. The molecule has 0 bridgehead atoms. The third-order valence-electron chi connectivity index (χ3n) is 3.82. The number of carboxylic acids is 1. The van der Waals surface area contributed by atoms with Crippen LogP contribution >= 0.6 is 23.2 Å². The van der Waals surface area contributed by atoms with E-state index in [4.69, 9.17) is 33.0 Å². The summed E-state index contributed by atoms with van der Waals surface area (Å²) in [5.41, 5.74) is 1.93. The average Bonchev–Trinajstić information content (AvgIpc) is 2.55. The van der Waals surface area contributed by atoms with Crippen LogP contribution in [0, 0.1) is 0 Å². The Bertz CT molecular complexity index is 844. The maximum atomic E-state index is 12.0. The minimum Gasteiger partial charge on any atom is -0.481 e. The van der Waals surface area contributed by atoms with Crippen LogP contribution in [0.1, 0.15) is 32.8 Å². The smallest absolute Gasteiger partial charge is 0.407 e. The fraction of sp³-hybridized carbons (Fsp3) is 0.333. The molecule has 28 heavy (non-hydrogen) atoms. The molecule has 0 aromatic heterocycles. The first kappa shape index (κ1) is 22.1. The lowest BCUT2D eigenvalue weighted by Gasteiger charge is -2.23. The van der Waals surface area contributed by atoms with Crippen LogP contribution in [0.15, 0.2) is 42.5 Å². The Hall–Kier alpha value is -2.24. The van der Waals surface area contributed by atoms with Crippen molar-refractivity contribution in [2.24, 2.45) is 0 Å². The van der Waals surface area contributed by atoms with Crippen LogP contribution in [0.2, 0.25) is 10.0 Å². The maximum Gasteiger partial charge on any atom is 0.407 e. The molecule has 1 atom stereocenters. The molecule has 0 aliphatic heterocycles. The number of carbonyl (C=O) groups excluding carboxylic acids is 1. The van der Waals surface area contributed by atoms with E-state index in [1.165, 1.54) is 0 Å². The van der Waals surface area contributed by atoms with Gasteiger partial charge in [0.15, 0.2) is 0 Å². The van der Waals surface area contributed by atoms with Crippen LogP contribution in [0.25, 0.3) is 11.1 Å². The lowest BCUT2D eigenvalue weighted by Crippen LogP contribution is -2.41. The van der Waals surface area contributed by atoms with Gasteiger partial charge >= 0.3 is 12.1 Å². The number of benzene rings is 2. The summed E-state index contributed by atoms with van der Waals surface area (Å²) in [7, 11) is 0. The Morgan fingerprint density at radius 2 is 1.75 bits per heavy atom. The highest BCUT2D eigenvalue weighted by Crippen LogP contribution is 2.30. The molecule has 0 radical (unpaired) electrons.